The minimum Gasteiger partial charge on any atom is -0.469 e. The average molecular weight is 501 g/mol. The van der Waals surface area contributed by atoms with E-state index in [0.29, 0.717) is 24.0 Å². The zero-order valence-corrected chi connectivity index (χ0v) is 24.6. The van der Waals surface area contributed by atoms with Crippen molar-refractivity contribution >= 4 is 11.8 Å². The van der Waals surface area contributed by atoms with Gasteiger partial charge in [-0.25, -0.2) is 0 Å². The molecular formula is C32H52O4. The van der Waals surface area contributed by atoms with Gasteiger partial charge >= 0.3 is 5.97 Å². The van der Waals surface area contributed by atoms with Gasteiger partial charge in [0.15, 0.2) is 0 Å². The fourth-order valence-corrected chi connectivity index (χ4v) is 12.2. The standard InChI is InChI=1S/C32H52O4/c1-26(2)14-16-32(25(35)36-9)17-15-30(7)24(31(32,8)19-26)20(33)18-22-28(5)12-11-23(34)27(3,4)21(28)10-13-29(22,30)6/h21-24,34H,10-19H2,1-9H3. The second-order valence-corrected chi connectivity index (χ2v) is 16.3. The average Bonchev–Trinajstić information content (AvgIpc) is 2.77. The third-order valence-electron chi connectivity index (χ3n) is 14.1. The Labute approximate surface area is 219 Å². The van der Waals surface area contributed by atoms with Crippen molar-refractivity contribution in [2.24, 2.45) is 55.7 Å². The molecule has 0 aliphatic heterocycles. The first-order chi connectivity index (χ1) is 16.5. The quantitative estimate of drug-likeness (QED) is 0.395. The first-order valence-electron chi connectivity index (χ1n) is 14.7. The number of fused-ring (bicyclic) bond motifs is 7. The van der Waals surface area contributed by atoms with Crippen LogP contribution < -0.4 is 0 Å². The lowest BCUT2D eigenvalue weighted by Gasteiger charge is -2.74. The van der Waals surface area contributed by atoms with Crippen molar-refractivity contribution in [3.05, 3.63) is 0 Å². The summed E-state index contributed by atoms with van der Waals surface area (Å²) in [5.74, 6) is 0.970. The topological polar surface area (TPSA) is 63.6 Å². The summed E-state index contributed by atoms with van der Waals surface area (Å²) < 4.78 is 5.51. The number of ketones is 1. The zero-order chi connectivity index (χ0) is 26.7. The third kappa shape index (κ3) is 2.97. The molecule has 0 amide bonds. The van der Waals surface area contributed by atoms with Crippen LogP contribution in [0, 0.1) is 55.7 Å². The Kier molecular flexibility index (Phi) is 5.64. The second kappa shape index (κ2) is 7.60. The molecule has 0 aromatic heterocycles. The van der Waals surface area contributed by atoms with Gasteiger partial charge in [-0.05, 0) is 102 Å². The summed E-state index contributed by atoms with van der Waals surface area (Å²) in [5.41, 5.74) is -0.999. The fraction of sp³-hybridized carbons (Fsp3) is 0.938. The summed E-state index contributed by atoms with van der Waals surface area (Å²) in [6, 6.07) is 0. The van der Waals surface area contributed by atoms with E-state index in [9.17, 15) is 14.7 Å². The first-order valence-corrected chi connectivity index (χ1v) is 14.7. The molecule has 0 aromatic carbocycles. The van der Waals surface area contributed by atoms with Gasteiger partial charge < -0.3 is 9.84 Å². The van der Waals surface area contributed by atoms with Gasteiger partial charge in [0.2, 0.25) is 0 Å². The van der Waals surface area contributed by atoms with Crippen LogP contribution in [-0.4, -0.2) is 30.1 Å². The number of hydrogen-bond donors (Lipinski definition) is 1. The molecule has 5 rings (SSSR count). The minimum absolute atomic E-state index is 0.0437. The Morgan fingerprint density at radius 3 is 2.08 bits per heavy atom. The van der Waals surface area contributed by atoms with Crippen molar-refractivity contribution in [2.45, 2.75) is 126 Å². The van der Waals surface area contributed by atoms with Crippen LogP contribution in [0.5, 0.6) is 0 Å². The van der Waals surface area contributed by atoms with E-state index in [1.165, 1.54) is 7.11 Å². The van der Waals surface area contributed by atoms with Crippen LogP contribution in [0.4, 0.5) is 0 Å². The Balaban J connectivity index is 1.63. The van der Waals surface area contributed by atoms with Crippen molar-refractivity contribution in [2.75, 3.05) is 7.11 Å². The highest BCUT2D eigenvalue weighted by atomic mass is 16.5. The number of carbonyl (C=O) groups excluding carboxylic acids is 2. The number of methoxy groups -OCH3 is 1. The molecule has 5 saturated carbocycles. The number of aliphatic hydroxyl groups excluding tert-OH is 1. The number of rotatable bonds is 1. The van der Waals surface area contributed by atoms with Gasteiger partial charge in [0.1, 0.15) is 5.78 Å². The van der Waals surface area contributed by atoms with Crippen molar-refractivity contribution < 1.29 is 19.4 Å². The van der Waals surface area contributed by atoms with Crippen LogP contribution in [0.25, 0.3) is 0 Å². The molecule has 5 fully saturated rings. The maximum absolute atomic E-state index is 14.6. The second-order valence-electron chi connectivity index (χ2n) is 16.3. The molecule has 4 heteroatoms. The largest absolute Gasteiger partial charge is 0.469 e. The summed E-state index contributed by atoms with van der Waals surface area (Å²) in [7, 11) is 1.53. The molecule has 5 aliphatic rings. The van der Waals surface area contributed by atoms with Crippen LogP contribution in [-0.2, 0) is 14.3 Å². The Bertz CT molecular complexity index is 967. The number of esters is 1. The van der Waals surface area contributed by atoms with Crippen LogP contribution in [0.2, 0.25) is 0 Å². The van der Waals surface area contributed by atoms with Crippen LogP contribution in [0.3, 0.4) is 0 Å². The van der Waals surface area contributed by atoms with E-state index in [2.05, 4.69) is 55.4 Å². The molecule has 9 atom stereocenters. The lowest BCUT2D eigenvalue weighted by atomic mass is 9.28. The van der Waals surface area contributed by atoms with Crippen LogP contribution >= 0.6 is 0 Å². The van der Waals surface area contributed by atoms with E-state index in [4.69, 9.17) is 4.74 Å². The molecule has 0 saturated heterocycles. The maximum atomic E-state index is 14.6. The number of Topliss-reactive ketones (excluding diaryl/α,β-unsaturated/α-hetero) is 1. The summed E-state index contributed by atoms with van der Waals surface area (Å²) in [6.45, 7) is 18.9. The molecule has 1 N–H and O–H groups in total. The van der Waals surface area contributed by atoms with Gasteiger partial charge in [0.05, 0.1) is 18.6 Å². The van der Waals surface area contributed by atoms with Crippen LogP contribution in [0.1, 0.15) is 120 Å². The molecule has 0 bridgehead atoms. The molecule has 204 valence electrons. The Morgan fingerprint density at radius 1 is 0.806 bits per heavy atom. The van der Waals surface area contributed by atoms with Gasteiger partial charge in [-0.15, -0.1) is 0 Å². The van der Waals surface area contributed by atoms with Gasteiger partial charge in [-0.1, -0.05) is 55.4 Å². The number of carbonyl (C=O) groups is 2. The summed E-state index contributed by atoms with van der Waals surface area (Å²) in [4.78, 5) is 28.2. The van der Waals surface area contributed by atoms with E-state index in [1.54, 1.807) is 0 Å². The van der Waals surface area contributed by atoms with Crippen molar-refractivity contribution in [1.29, 1.82) is 0 Å². The van der Waals surface area contributed by atoms with E-state index in [-0.39, 0.29) is 50.5 Å². The summed E-state index contributed by atoms with van der Waals surface area (Å²) >= 11 is 0. The number of hydrogen-bond acceptors (Lipinski definition) is 4. The molecule has 5 aliphatic carbocycles. The lowest BCUT2D eigenvalue weighted by Crippen LogP contribution is -2.72. The van der Waals surface area contributed by atoms with E-state index >= 15 is 0 Å². The normalized spacial score (nSPS) is 53.3. The zero-order valence-electron chi connectivity index (χ0n) is 24.6. The maximum Gasteiger partial charge on any atom is 0.312 e. The molecule has 0 aromatic rings. The fourth-order valence-electron chi connectivity index (χ4n) is 12.2. The lowest BCUT2D eigenvalue weighted by molar-refractivity contribution is -0.264. The van der Waals surface area contributed by atoms with Gasteiger partial charge in [0, 0.05) is 12.3 Å². The minimum atomic E-state index is -0.557. The van der Waals surface area contributed by atoms with Crippen molar-refractivity contribution in [3.63, 3.8) is 0 Å². The molecule has 4 nitrogen and oxygen atoms in total. The monoisotopic (exact) mass is 500 g/mol. The predicted molar refractivity (Wildman–Crippen MR) is 142 cm³/mol. The van der Waals surface area contributed by atoms with Gasteiger partial charge in [-0.2, -0.15) is 0 Å². The first kappa shape index (κ1) is 26.7. The highest BCUT2D eigenvalue weighted by molar-refractivity contribution is 5.87. The summed E-state index contributed by atoms with van der Waals surface area (Å²) in [6.07, 6.45) is 8.93. The Morgan fingerprint density at radius 2 is 1.44 bits per heavy atom. The van der Waals surface area contributed by atoms with Gasteiger partial charge in [0.25, 0.3) is 0 Å². The van der Waals surface area contributed by atoms with E-state index in [1.807, 2.05) is 0 Å². The predicted octanol–water partition coefficient (Wildman–Crippen LogP) is 6.97. The molecule has 36 heavy (non-hydrogen) atoms. The summed E-state index contributed by atoms with van der Waals surface area (Å²) in [5, 5.41) is 10.9. The van der Waals surface area contributed by atoms with E-state index < -0.39 is 5.41 Å². The highest BCUT2D eigenvalue weighted by Crippen LogP contribution is 2.79. The molecule has 9 unspecified atom stereocenters. The molecule has 0 spiro atoms. The number of ether oxygens (including phenoxy) is 1. The van der Waals surface area contributed by atoms with E-state index in [0.717, 1.165) is 57.8 Å². The van der Waals surface area contributed by atoms with Crippen LogP contribution in [0.15, 0.2) is 0 Å². The third-order valence-corrected chi connectivity index (χ3v) is 14.1. The van der Waals surface area contributed by atoms with Crippen molar-refractivity contribution in [1.82, 2.24) is 0 Å². The number of aliphatic hydroxyl groups is 1. The van der Waals surface area contributed by atoms with Crippen molar-refractivity contribution in [3.8, 4) is 0 Å². The smallest absolute Gasteiger partial charge is 0.312 e. The molecule has 0 heterocycles. The highest BCUT2D eigenvalue weighted by Gasteiger charge is 2.76. The molecular weight excluding hydrogens is 448 g/mol. The molecule has 0 radical (unpaired) electrons. The Hall–Kier alpha value is -0.900. The SMILES string of the molecule is COC(=O)C12CCC(C)(C)CC1(C)C1C(=O)CC3C4(C)CCC(O)C(C)(C)C4CCC3(C)C1(C)CC2. The van der Waals surface area contributed by atoms with Gasteiger partial charge in [-0.3, -0.25) is 9.59 Å².